The maximum Gasteiger partial charge on any atom is 0.212 e. The van der Waals surface area contributed by atoms with E-state index in [1.807, 2.05) is 0 Å². The Balaban J connectivity index is 2.62. The Bertz CT molecular complexity index is 356. The van der Waals surface area contributed by atoms with Crippen LogP contribution in [0.1, 0.15) is 12.1 Å². The third-order valence-electron chi connectivity index (χ3n) is 1.63. The van der Waals surface area contributed by atoms with Gasteiger partial charge < -0.3 is 14.6 Å². The second-order valence-corrected chi connectivity index (χ2v) is 2.49. The molecular weight excluding hydrogens is 156 g/mol. The number of hydrogen-bond donors (Lipinski definition) is 2. The molecule has 0 atom stereocenters. The molecule has 0 fully saturated rings. The highest BCUT2D eigenvalue weighted by molar-refractivity contribution is 5.77. The lowest BCUT2D eigenvalue weighted by atomic mass is 10.2. The number of aliphatic hydroxyl groups excluding tert-OH is 1. The van der Waals surface area contributed by atoms with E-state index in [4.69, 9.17) is 14.6 Å². The Morgan fingerprint density at radius 1 is 1.42 bits per heavy atom. The van der Waals surface area contributed by atoms with Gasteiger partial charge >= 0.3 is 0 Å². The van der Waals surface area contributed by atoms with Crippen LogP contribution in [0.15, 0.2) is 28.7 Å². The lowest BCUT2D eigenvalue weighted by Gasteiger charge is -1.94. The molecule has 1 radical (unpaired) electrons. The zero-order valence-electron chi connectivity index (χ0n) is 6.19. The number of hydrogen-bond acceptors (Lipinski definition) is 3. The Kier molecular flexibility index (Phi) is 1.60. The van der Waals surface area contributed by atoms with Crippen molar-refractivity contribution in [2.24, 2.45) is 0 Å². The summed E-state index contributed by atoms with van der Waals surface area (Å²) in [6, 6.07) is 9.60. The van der Waals surface area contributed by atoms with Gasteiger partial charge in [0.25, 0.3) is 0 Å². The normalized spacial score (nSPS) is 11.2. The fraction of sp³-hybridized carbons (Fsp3) is 0.111. The van der Waals surface area contributed by atoms with Crippen molar-refractivity contribution in [1.29, 1.82) is 0 Å². The van der Waals surface area contributed by atoms with Gasteiger partial charge in [0.15, 0.2) is 5.76 Å². The van der Waals surface area contributed by atoms with Crippen LogP contribution in [0.2, 0.25) is 0 Å². The Labute approximate surface area is 68.9 Å². The van der Waals surface area contributed by atoms with Gasteiger partial charge in [-0.3, -0.25) is 0 Å². The largest absolute Gasteiger partial charge is 0.456 e. The fourth-order valence-electron chi connectivity index (χ4n) is 1.07. The topological polar surface area (TPSA) is 53.6 Å². The van der Waals surface area contributed by atoms with Crippen LogP contribution >= 0.6 is 0 Å². The monoisotopic (exact) mass is 163 g/mol. The molecule has 0 saturated heterocycles. The van der Waals surface area contributed by atoms with E-state index in [0.717, 1.165) is 5.39 Å². The van der Waals surface area contributed by atoms with Crippen molar-refractivity contribution in [3.8, 4) is 0 Å². The van der Waals surface area contributed by atoms with E-state index in [0.29, 0.717) is 5.58 Å². The van der Waals surface area contributed by atoms with Gasteiger partial charge in [0.1, 0.15) is 5.58 Å². The van der Waals surface area contributed by atoms with Crippen LogP contribution < -0.4 is 0 Å². The molecule has 0 aliphatic rings. The van der Waals surface area contributed by atoms with E-state index in [1.165, 1.54) is 0 Å². The lowest BCUT2D eigenvalue weighted by Crippen LogP contribution is -1.90. The number of fused-ring (bicyclic) bond motifs is 1. The van der Waals surface area contributed by atoms with Crippen molar-refractivity contribution in [1.82, 2.24) is 0 Å². The molecule has 0 aliphatic carbocycles. The molecule has 2 aromatic rings. The first-order chi connectivity index (χ1) is 5.77. The molecule has 0 unspecified atom stereocenters. The summed E-state index contributed by atoms with van der Waals surface area (Å²) in [6.07, 6.45) is -1.54. The van der Waals surface area contributed by atoms with E-state index in [1.54, 1.807) is 24.3 Å². The van der Waals surface area contributed by atoms with E-state index >= 15 is 0 Å². The van der Waals surface area contributed by atoms with Crippen LogP contribution in [0.4, 0.5) is 0 Å². The van der Waals surface area contributed by atoms with Crippen LogP contribution in [0.25, 0.3) is 11.0 Å². The summed E-state index contributed by atoms with van der Waals surface area (Å²) in [4.78, 5) is 0. The number of rotatable bonds is 1. The van der Waals surface area contributed by atoms with E-state index in [2.05, 4.69) is 6.07 Å². The van der Waals surface area contributed by atoms with Gasteiger partial charge in [-0.15, -0.1) is 0 Å². The lowest BCUT2D eigenvalue weighted by molar-refractivity contribution is -0.0571. The number of furan rings is 1. The van der Waals surface area contributed by atoms with Gasteiger partial charge in [-0.2, -0.15) is 0 Å². The van der Waals surface area contributed by atoms with Crippen LogP contribution in [0, 0.1) is 6.07 Å². The highest BCUT2D eigenvalue weighted by Crippen LogP contribution is 2.21. The average Bonchev–Trinajstić information content (AvgIpc) is 2.46. The summed E-state index contributed by atoms with van der Waals surface area (Å²) in [5.74, 6) is 0.157. The molecule has 0 bridgehead atoms. The molecular formula is C9H7O3. The quantitative estimate of drug-likeness (QED) is 0.621. The minimum absolute atomic E-state index is 0.157. The second-order valence-electron chi connectivity index (χ2n) is 2.49. The maximum absolute atomic E-state index is 8.78. The van der Waals surface area contributed by atoms with Crippen molar-refractivity contribution >= 4 is 11.0 Å². The molecule has 0 amide bonds. The molecule has 1 aromatic heterocycles. The molecule has 3 nitrogen and oxygen atoms in total. The van der Waals surface area contributed by atoms with Crippen LogP contribution in [-0.2, 0) is 0 Å². The second kappa shape index (κ2) is 2.62. The van der Waals surface area contributed by atoms with E-state index in [-0.39, 0.29) is 5.76 Å². The Morgan fingerprint density at radius 2 is 2.25 bits per heavy atom. The molecule has 0 spiro atoms. The fourth-order valence-corrected chi connectivity index (χ4v) is 1.07. The minimum atomic E-state index is -1.54. The molecule has 0 aliphatic heterocycles. The van der Waals surface area contributed by atoms with E-state index in [9.17, 15) is 0 Å². The summed E-state index contributed by atoms with van der Waals surface area (Å²) < 4.78 is 5.11. The molecule has 0 saturated carbocycles. The first-order valence-electron chi connectivity index (χ1n) is 3.53. The predicted molar refractivity (Wildman–Crippen MR) is 42.2 cm³/mol. The van der Waals surface area contributed by atoms with Crippen LogP contribution in [0.3, 0.4) is 0 Å². The maximum atomic E-state index is 8.78. The summed E-state index contributed by atoms with van der Waals surface area (Å²) in [6.45, 7) is 0. The standard InChI is InChI=1S/C9H7O3/c10-9(11)8-5-6-3-1-2-4-7(6)12-8/h2-5,9-11H. The highest BCUT2D eigenvalue weighted by atomic mass is 16.5. The Morgan fingerprint density at radius 3 is 2.92 bits per heavy atom. The van der Waals surface area contributed by atoms with Gasteiger partial charge in [0.2, 0.25) is 6.29 Å². The van der Waals surface area contributed by atoms with Crippen molar-refractivity contribution < 1.29 is 14.6 Å². The zero-order chi connectivity index (χ0) is 8.55. The zero-order valence-corrected chi connectivity index (χ0v) is 6.19. The molecule has 1 aromatic carbocycles. The molecule has 3 heteroatoms. The average molecular weight is 163 g/mol. The van der Waals surface area contributed by atoms with E-state index < -0.39 is 6.29 Å². The van der Waals surface area contributed by atoms with Crippen molar-refractivity contribution in [2.75, 3.05) is 0 Å². The van der Waals surface area contributed by atoms with Crippen molar-refractivity contribution in [3.63, 3.8) is 0 Å². The molecule has 12 heavy (non-hydrogen) atoms. The SMILES string of the molecule is OC(O)c1cc2c[c]ccc2o1. The van der Waals surface area contributed by atoms with Crippen molar-refractivity contribution in [2.45, 2.75) is 6.29 Å². The first-order valence-corrected chi connectivity index (χ1v) is 3.53. The van der Waals surface area contributed by atoms with Gasteiger partial charge in [-0.1, -0.05) is 6.07 Å². The summed E-state index contributed by atoms with van der Waals surface area (Å²) in [7, 11) is 0. The van der Waals surface area contributed by atoms with Crippen LogP contribution in [0.5, 0.6) is 0 Å². The molecule has 1 heterocycles. The third kappa shape index (κ3) is 1.09. The van der Waals surface area contributed by atoms with Crippen LogP contribution in [-0.4, -0.2) is 10.2 Å². The minimum Gasteiger partial charge on any atom is -0.456 e. The summed E-state index contributed by atoms with van der Waals surface area (Å²) in [5.41, 5.74) is 0.636. The van der Waals surface area contributed by atoms with Gasteiger partial charge in [-0.25, -0.2) is 0 Å². The summed E-state index contributed by atoms with van der Waals surface area (Å²) >= 11 is 0. The Hall–Kier alpha value is -1.32. The molecule has 2 N–H and O–H groups in total. The predicted octanol–water partition coefficient (Wildman–Crippen LogP) is 1.22. The smallest absolute Gasteiger partial charge is 0.212 e. The number of aliphatic hydroxyl groups is 2. The number of benzene rings is 1. The van der Waals surface area contributed by atoms with Crippen molar-refractivity contribution in [3.05, 3.63) is 36.1 Å². The van der Waals surface area contributed by atoms with Gasteiger partial charge in [0, 0.05) is 5.39 Å². The molecule has 2 rings (SSSR count). The summed E-state index contributed by atoms with van der Waals surface area (Å²) in [5, 5.41) is 18.4. The van der Waals surface area contributed by atoms with Gasteiger partial charge in [-0.05, 0) is 24.3 Å². The highest BCUT2D eigenvalue weighted by Gasteiger charge is 2.08. The first kappa shape index (κ1) is 7.34. The third-order valence-corrected chi connectivity index (χ3v) is 1.63. The molecule has 61 valence electrons. The van der Waals surface area contributed by atoms with Gasteiger partial charge in [0.05, 0.1) is 0 Å².